The Hall–Kier alpha value is -3.52. The normalized spacial score (nSPS) is 15.9. The lowest BCUT2D eigenvalue weighted by atomic mass is 10.0. The number of methoxy groups -OCH3 is 1. The molecular formula is C25H28N6O2. The lowest BCUT2D eigenvalue weighted by Gasteiger charge is -2.20. The molecule has 0 spiro atoms. The second-order valence-corrected chi connectivity index (χ2v) is 8.62. The number of carbonyl (C=O) groups excluding carboxylic acids is 1. The summed E-state index contributed by atoms with van der Waals surface area (Å²) in [6.07, 6.45) is 4.17. The van der Waals surface area contributed by atoms with Crippen LogP contribution in [0.5, 0.6) is 5.75 Å². The standard InChI is InChI=1S/C25H28N6O2/c1-29-9-11-31(25(29)32)12-10-30-16-19-4-3-18(13-20(19)17-30)14-24-27-8-6-22(28-24)23-15-21(33-2)5-7-26-23/h3-8,13,15H,9-12,14,16-17H2,1-2H3. The molecule has 0 radical (unpaired) electrons. The van der Waals surface area contributed by atoms with Gasteiger partial charge in [0.1, 0.15) is 11.6 Å². The van der Waals surface area contributed by atoms with Crippen molar-refractivity contribution < 1.29 is 9.53 Å². The maximum absolute atomic E-state index is 12.1. The molecule has 0 saturated carbocycles. The van der Waals surface area contributed by atoms with E-state index in [-0.39, 0.29) is 6.03 Å². The maximum atomic E-state index is 12.1. The Morgan fingerprint density at radius 2 is 1.79 bits per heavy atom. The van der Waals surface area contributed by atoms with Gasteiger partial charge in [-0.2, -0.15) is 0 Å². The smallest absolute Gasteiger partial charge is 0.319 e. The van der Waals surface area contributed by atoms with Crippen LogP contribution >= 0.6 is 0 Å². The molecule has 1 aromatic carbocycles. The number of ether oxygens (including phenoxy) is 1. The minimum atomic E-state index is 0.139. The molecule has 2 aliphatic heterocycles. The van der Waals surface area contributed by atoms with Crippen molar-refractivity contribution in [1.29, 1.82) is 0 Å². The maximum Gasteiger partial charge on any atom is 0.319 e. The molecule has 1 fully saturated rings. The van der Waals surface area contributed by atoms with E-state index in [0.717, 1.165) is 62.2 Å². The highest BCUT2D eigenvalue weighted by Gasteiger charge is 2.26. The van der Waals surface area contributed by atoms with E-state index >= 15 is 0 Å². The molecule has 3 aromatic rings. The van der Waals surface area contributed by atoms with Crippen molar-refractivity contribution >= 4 is 6.03 Å². The SMILES string of the molecule is COc1ccnc(-c2ccnc(Cc3ccc4c(c3)CN(CCN3CCN(C)C3=O)C4)n2)c1. The molecule has 8 nitrogen and oxygen atoms in total. The molecule has 5 rings (SSSR count). The summed E-state index contributed by atoms with van der Waals surface area (Å²) in [4.78, 5) is 31.9. The topological polar surface area (TPSA) is 74.7 Å². The Morgan fingerprint density at radius 3 is 2.61 bits per heavy atom. The molecule has 4 heterocycles. The number of rotatable bonds is 7. The number of nitrogens with zero attached hydrogens (tertiary/aromatic N) is 6. The third-order valence-electron chi connectivity index (χ3n) is 6.34. The van der Waals surface area contributed by atoms with Gasteiger partial charge in [0.2, 0.25) is 0 Å². The number of aromatic nitrogens is 3. The molecule has 2 amide bonds. The Morgan fingerprint density at radius 1 is 0.939 bits per heavy atom. The fourth-order valence-corrected chi connectivity index (χ4v) is 4.45. The molecule has 1 saturated heterocycles. The first-order valence-corrected chi connectivity index (χ1v) is 11.2. The van der Waals surface area contributed by atoms with Gasteiger partial charge in [-0.15, -0.1) is 0 Å². The van der Waals surface area contributed by atoms with Gasteiger partial charge in [-0.3, -0.25) is 9.88 Å². The third kappa shape index (κ3) is 4.66. The molecule has 0 N–H and O–H groups in total. The molecule has 0 unspecified atom stereocenters. The number of urea groups is 1. The first-order valence-electron chi connectivity index (χ1n) is 11.2. The number of hydrogen-bond acceptors (Lipinski definition) is 6. The zero-order valence-corrected chi connectivity index (χ0v) is 19.1. The zero-order chi connectivity index (χ0) is 22.8. The van der Waals surface area contributed by atoms with E-state index in [4.69, 9.17) is 9.72 Å². The average molecular weight is 445 g/mol. The number of carbonyl (C=O) groups is 1. The van der Waals surface area contributed by atoms with E-state index in [1.54, 1.807) is 24.4 Å². The van der Waals surface area contributed by atoms with Crippen LogP contribution in [0.1, 0.15) is 22.5 Å². The summed E-state index contributed by atoms with van der Waals surface area (Å²) < 4.78 is 5.30. The largest absolute Gasteiger partial charge is 0.497 e. The van der Waals surface area contributed by atoms with Gasteiger partial charge in [-0.05, 0) is 28.8 Å². The van der Waals surface area contributed by atoms with Crippen LogP contribution < -0.4 is 4.74 Å². The highest BCUT2D eigenvalue weighted by molar-refractivity contribution is 5.76. The minimum absolute atomic E-state index is 0.139. The lowest BCUT2D eigenvalue weighted by Crippen LogP contribution is -2.35. The van der Waals surface area contributed by atoms with Crippen molar-refractivity contribution in [2.75, 3.05) is 40.3 Å². The third-order valence-corrected chi connectivity index (χ3v) is 6.34. The van der Waals surface area contributed by atoms with E-state index in [0.29, 0.717) is 6.42 Å². The predicted molar refractivity (Wildman–Crippen MR) is 125 cm³/mol. The highest BCUT2D eigenvalue weighted by atomic mass is 16.5. The van der Waals surface area contributed by atoms with Gasteiger partial charge < -0.3 is 14.5 Å². The van der Waals surface area contributed by atoms with Crippen molar-refractivity contribution in [3.05, 3.63) is 71.3 Å². The van der Waals surface area contributed by atoms with Crippen LogP contribution in [0.25, 0.3) is 11.4 Å². The van der Waals surface area contributed by atoms with Crippen LogP contribution in [-0.2, 0) is 19.5 Å². The molecule has 8 heteroatoms. The van der Waals surface area contributed by atoms with Crippen LogP contribution in [0.2, 0.25) is 0 Å². The van der Waals surface area contributed by atoms with Gasteiger partial charge in [0.25, 0.3) is 0 Å². The molecule has 0 aliphatic carbocycles. The number of fused-ring (bicyclic) bond motifs is 1. The predicted octanol–water partition coefficient (Wildman–Crippen LogP) is 2.82. The molecule has 33 heavy (non-hydrogen) atoms. The Labute approximate surface area is 193 Å². The number of pyridine rings is 1. The Balaban J connectivity index is 1.23. The molecule has 2 aromatic heterocycles. The Kier molecular flexibility index (Phi) is 5.92. The summed E-state index contributed by atoms with van der Waals surface area (Å²) in [6, 6.07) is 12.4. The summed E-state index contributed by atoms with van der Waals surface area (Å²) in [5.74, 6) is 1.52. The van der Waals surface area contributed by atoms with Crippen LogP contribution in [0.4, 0.5) is 4.79 Å². The Bertz CT molecular complexity index is 1170. The first-order chi connectivity index (χ1) is 16.1. The summed E-state index contributed by atoms with van der Waals surface area (Å²) in [6.45, 7) is 5.16. The monoisotopic (exact) mass is 444 g/mol. The fourth-order valence-electron chi connectivity index (χ4n) is 4.45. The number of likely N-dealkylation sites (N-methyl/N-ethyl adjacent to an activating group) is 1. The van der Waals surface area contributed by atoms with Crippen molar-refractivity contribution in [3.63, 3.8) is 0 Å². The van der Waals surface area contributed by atoms with Gasteiger partial charge in [-0.25, -0.2) is 14.8 Å². The number of amides is 2. The second kappa shape index (κ2) is 9.15. The van der Waals surface area contributed by atoms with Crippen LogP contribution in [0, 0.1) is 0 Å². The van der Waals surface area contributed by atoms with E-state index < -0.39 is 0 Å². The molecule has 0 bridgehead atoms. The molecular weight excluding hydrogens is 416 g/mol. The van der Waals surface area contributed by atoms with Gasteiger partial charge in [0.05, 0.1) is 18.5 Å². The van der Waals surface area contributed by atoms with Gasteiger partial charge in [-0.1, -0.05) is 18.2 Å². The summed E-state index contributed by atoms with van der Waals surface area (Å²) in [7, 11) is 3.51. The zero-order valence-electron chi connectivity index (χ0n) is 19.1. The van der Waals surface area contributed by atoms with Crippen LogP contribution in [0.3, 0.4) is 0 Å². The van der Waals surface area contributed by atoms with Crippen LogP contribution in [-0.4, -0.2) is 76.0 Å². The van der Waals surface area contributed by atoms with Gasteiger partial charge >= 0.3 is 6.03 Å². The van der Waals surface area contributed by atoms with Crippen molar-refractivity contribution in [2.45, 2.75) is 19.5 Å². The van der Waals surface area contributed by atoms with Crippen LogP contribution in [0.15, 0.2) is 48.8 Å². The highest BCUT2D eigenvalue weighted by Crippen LogP contribution is 2.25. The number of hydrogen-bond donors (Lipinski definition) is 0. The average Bonchev–Trinajstić information content (AvgIpc) is 3.40. The number of benzene rings is 1. The van der Waals surface area contributed by atoms with E-state index in [1.807, 2.05) is 30.1 Å². The first kappa shape index (κ1) is 21.3. The molecule has 0 atom stereocenters. The van der Waals surface area contributed by atoms with E-state index in [1.165, 1.54) is 16.7 Å². The van der Waals surface area contributed by atoms with E-state index in [9.17, 15) is 4.79 Å². The van der Waals surface area contributed by atoms with Crippen molar-refractivity contribution in [2.24, 2.45) is 0 Å². The van der Waals surface area contributed by atoms with Crippen molar-refractivity contribution in [3.8, 4) is 17.1 Å². The quantitative estimate of drug-likeness (QED) is 0.558. The lowest BCUT2D eigenvalue weighted by molar-refractivity contribution is 0.187. The summed E-state index contributed by atoms with van der Waals surface area (Å²) >= 11 is 0. The molecule has 2 aliphatic rings. The van der Waals surface area contributed by atoms with Crippen molar-refractivity contribution in [1.82, 2.24) is 29.7 Å². The fraction of sp³-hybridized carbons (Fsp3) is 0.360. The van der Waals surface area contributed by atoms with Gasteiger partial charge in [0.15, 0.2) is 0 Å². The van der Waals surface area contributed by atoms with E-state index in [2.05, 4.69) is 33.1 Å². The van der Waals surface area contributed by atoms with Gasteiger partial charge in [0, 0.05) is 71.2 Å². The summed E-state index contributed by atoms with van der Waals surface area (Å²) in [5.41, 5.74) is 5.46. The molecule has 170 valence electrons. The second-order valence-electron chi connectivity index (χ2n) is 8.62. The summed E-state index contributed by atoms with van der Waals surface area (Å²) in [5, 5.41) is 0. The minimum Gasteiger partial charge on any atom is -0.497 e.